The van der Waals surface area contributed by atoms with Gasteiger partial charge in [0.25, 0.3) is 21.8 Å². The number of methoxy groups -OCH3 is 2. The Balaban J connectivity index is 1.56. The van der Waals surface area contributed by atoms with E-state index in [0.29, 0.717) is 28.3 Å². The lowest BCUT2D eigenvalue weighted by atomic mass is 10.1. The van der Waals surface area contributed by atoms with Gasteiger partial charge >= 0.3 is 0 Å². The Morgan fingerprint density at radius 2 is 1.48 bits per heavy atom. The van der Waals surface area contributed by atoms with Crippen LogP contribution in [0.25, 0.3) is 0 Å². The number of ether oxygens (including phenoxy) is 2. The molecule has 0 unspecified atom stereocenters. The molecule has 4 aromatic rings. The van der Waals surface area contributed by atoms with Crippen molar-refractivity contribution in [2.45, 2.75) is 11.8 Å². The maximum atomic E-state index is 13.7. The maximum Gasteiger partial charge on any atom is 0.264 e. The molecule has 0 atom stereocenters. The number of amides is 2. The average Bonchev–Trinajstić information content (AvgIpc) is 3.03. The molecule has 0 aromatic heterocycles. The third kappa shape index (κ3) is 7.12. The molecule has 0 aliphatic carbocycles. The van der Waals surface area contributed by atoms with Gasteiger partial charge in [-0.25, -0.2) is 13.8 Å². The topological polar surface area (TPSA) is 126 Å². The highest BCUT2D eigenvalue weighted by Crippen LogP contribution is 2.35. The third-order valence-electron chi connectivity index (χ3n) is 6.20. The molecule has 216 valence electrons. The lowest BCUT2D eigenvalue weighted by Crippen LogP contribution is -2.40. The Kier molecular flexibility index (Phi) is 9.56. The molecule has 42 heavy (non-hydrogen) atoms. The fourth-order valence-electron chi connectivity index (χ4n) is 4.00. The van der Waals surface area contributed by atoms with Gasteiger partial charge in [-0.2, -0.15) is 5.10 Å². The highest BCUT2D eigenvalue weighted by atomic mass is 32.2. The largest absolute Gasteiger partial charge is 0.497 e. The number of benzene rings is 4. The molecule has 4 aromatic carbocycles. The summed E-state index contributed by atoms with van der Waals surface area (Å²) in [6.07, 6.45) is 0. The number of hydrogen-bond donors (Lipinski definition) is 2. The van der Waals surface area contributed by atoms with Crippen LogP contribution >= 0.6 is 0 Å². The van der Waals surface area contributed by atoms with Crippen LogP contribution in [0.3, 0.4) is 0 Å². The average molecular weight is 587 g/mol. The molecule has 0 saturated carbocycles. The Morgan fingerprint density at radius 1 is 0.810 bits per heavy atom. The molecule has 10 nitrogen and oxygen atoms in total. The van der Waals surface area contributed by atoms with Crippen LogP contribution in [-0.4, -0.2) is 46.7 Å². The van der Waals surface area contributed by atoms with Gasteiger partial charge in [0.1, 0.15) is 18.0 Å². The summed E-state index contributed by atoms with van der Waals surface area (Å²) < 4.78 is 39.1. The summed E-state index contributed by atoms with van der Waals surface area (Å²) in [5.41, 5.74) is 4.71. The number of sulfonamides is 1. The molecular formula is C31H30N4O6S. The minimum atomic E-state index is -4.19. The molecule has 0 aliphatic heterocycles. The first-order valence-corrected chi connectivity index (χ1v) is 14.3. The number of rotatable bonds is 11. The predicted molar refractivity (Wildman–Crippen MR) is 162 cm³/mol. The van der Waals surface area contributed by atoms with Crippen molar-refractivity contribution in [3.8, 4) is 11.5 Å². The number of carbonyl (C=O) groups excluding carboxylic acids is 2. The van der Waals surface area contributed by atoms with Crippen molar-refractivity contribution >= 4 is 38.9 Å². The van der Waals surface area contributed by atoms with Crippen molar-refractivity contribution in [2.24, 2.45) is 5.10 Å². The van der Waals surface area contributed by atoms with Gasteiger partial charge in [-0.3, -0.25) is 13.9 Å². The monoisotopic (exact) mass is 586 g/mol. The van der Waals surface area contributed by atoms with Gasteiger partial charge in [0.2, 0.25) is 0 Å². The highest BCUT2D eigenvalue weighted by Gasteiger charge is 2.30. The van der Waals surface area contributed by atoms with E-state index in [0.717, 1.165) is 4.31 Å². The van der Waals surface area contributed by atoms with E-state index in [1.54, 1.807) is 85.8 Å². The summed E-state index contributed by atoms with van der Waals surface area (Å²) in [5.74, 6) is -0.333. The zero-order valence-corrected chi connectivity index (χ0v) is 24.1. The zero-order valence-electron chi connectivity index (χ0n) is 23.3. The second-order valence-electron chi connectivity index (χ2n) is 9.00. The number of carbonyl (C=O) groups is 2. The highest BCUT2D eigenvalue weighted by molar-refractivity contribution is 7.92. The number of nitrogens with one attached hydrogen (secondary N) is 2. The predicted octanol–water partition coefficient (Wildman–Crippen LogP) is 4.69. The van der Waals surface area contributed by atoms with Gasteiger partial charge in [-0.05, 0) is 61.0 Å². The molecule has 0 radical (unpaired) electrons. The summed E-state index contributed by atoms with van der Waals surface area (Å²) in [6, 6.07) is 28.2. The number of nitrogens with zero attached hydrogens (tertiary/aromatic N) is 2. The molecular weight excluding hydrogens is 556 g/mol. The zero-order chi connectivity index (χ0) is 30.1. The molecule has 0 aliphatic rings. The van der Waals surface area contributed by atoms with Crippen LogP contribution in [0.15, 0.2) is 113 Å². The normalized spacial score (nSPS) is 11.4. The summed E-state index contributed by atoms with van der Waals surface area (Å²) in [4.78, 5) is 25.6. The van der Waals surface area contributed by atoms with Crippen LogP contribution in [0, 0.1) is 0 Å². The van der Waals surface area contributed by atoms with Crippen LogP contribution < -0.4 is 24.5 Å². The minimum Gasteiger partial charge on any atom is -0.497 e. The SMILES string of the molecule is COc1ccc(OC)c(N(CC(=O)N/N=C(\C)c2cccc(NC(=O)c3ccccc3)c2)S(=O)(=O)c2ccccc2)c1. The summed E-state index contributed by atoms with van der Waals surface area (Å²) in [5, 5.41) is 7.02. The maximum absolute atomic E-state index is 13.7. The quantitative estimate of drug-likeness (QED) is 0.194. The van der Waals surface area contributed by atoms with Gasteiger partial charge < -0.3 is 14.8 Å². The molecule has 2 N–H and O–H groups in total. The second kappa shape index (κ2) is 13.5. The van der Waals surface area contributed by atoms with Gasteiger partial charge in [0.15, 0.2) is 0 Å². The van der Waals surface area contributed by atoms with E-state index in [1.807, 2.05) is 6.07 Å². The van der Waals surface area contributed by atoms with E-state index in [9.17, 15) is 18.0 Å². The lowest BCUT2D eigenvalue weighted by Gasteiger charge is -2.25. The standard InChI is InChI=1S/C31H30N4O6S/c1-22(24-13-10-14-25(19-24)32-31(37)23-11-6-4-7-12-23)33-34-30(36)21-35(42(38,39)27-15-8-5-9-16-27)28-20-26(40-2)17-18-29(28)41-3/h4-20H,21H2,1-3H3,(H,32,37)(H,34,36)/b33-22+. The molecule has 2 amide bonds. The minimum absolute atomic E-state index is 0.00304. The van der Waals surface area contributed by atoms with Gasteiger partial charge in [0.05, 0.1) is 30.5 Å². The lowest BCUT2D eigenvalue weighted by molar-refractivity contribution is -0.119. The van der Waals surface area contributed by atoms with E-state index >= 15 is 0 Å². The Bertz CT molecular complexity index is 1690. The van der Waals surface area contributed by atoms with Crippen LogP contribution in [0.1, 0.15) is 22.8 Å². The molecule has 0 bridgehead atoms. The first kappa shape index (κ1) is 29.8. The fourth-order valence-corrected chi connectivity index (χ4v) is 5.45. The van der Waals surface area contributed by atoms with E-state index in [-0.39, 0.29) is 22.2 Å². The molecule has 0 fully saturated rings. The van der Waals surface area contributed by atoms with Gasteiger partial charge in [0, 0.05) is 17.3 Å². The molecule has 0 spiro atoms. The summed E-state index contributed by atoms with van der Waals surface area (Å²) in [6.45, 7) is 1.09. The fraction of sp³-hybridized carbons (Fsp3) is 0.129. The van der Waals surface area contributed by atoms with Crippen molar-refractivity contribution in [1.29, 1.82) is 0 Å². The molecule has 11 heteroatoms. The van der Waals surface area contributed by atoms with Gasteiger partial charge in [-0.15, -0.1) is 0 Å². The second-order valence-corrected chi connectivity index (χ2v) is 10.9. The van der Waals surface area contributed by atoms with Crippen LogP contribution in [0.5, 0.6) is 11.5 Å². The van der Waals surface area contributed by atoms with Crippen molar-refractivity contribution in [3.63, 3.8) is 0 Å². The van der Waals surface area contributed by atoms with Crippen molar-refractivity contribution in [3.05, 3.63) is 114 Å². The van der Waals surface area contributed by atoms with Crippen LogP contribution in [0.4, 0.5) is 11.4 Å². The Hall–Kier alpha value is -5.16. The van der Waals surface area contributed by atoms with Crippen LogP contribution in [-0.2, 0) is 14.8 Å². The van der Waals surface area contributed by atoms with E-state index in [2.05, 4.69) is 15.8 Å². The van der Waals surface area contributed by atoms with E-state index in [1.165, 1.54) is 32.4 Å². The van der Waals surface area contributed by atoms with Crippen LogP contribution in [0.2, 0.25) is 0 Å². The van der Waals surface area contributed by atoms with Gasteiger partial charge in [-0.1, -0.05) is 48.5 Å². The first-order chi connectivity index (χ1) is 20.2. The number of hydrazone groups is 1. The number of anilines is 2. The molecule has 4 rings (SSSR count). The van der Waals surface area contributed by atoms with Crippen molar-refractivity contribution in [1.82, 2.24) is 5.43 Å². The molecule has 0 saturated heterocycles. The van der Waals surface area contributed by atoms with E-state index < -0.39 is 22.5 Å². The Labute approximate surface area is 244 Å². The third-order valence-corrected chi connectivity index (χ3v) is 7.97. The smallest absolute Gasteiger partial charge is 0.264 e. The van der Waals surface area contributed by atoms with Crippen molar-refractivity contribution in [2.75, 3.05) is 30.4 Å². The summed E-state index contributed by atoms with van der Waals surface area (Å²) >= 11 is 0. The Morgan fingerprint density at radius 3 is 2.14 bits per heavy atom. The number of hydrogen-bond acceptors (Lipinski definition) is 7. The van der Waals surface area contributed by atoms with Crippen molar-refractivity contribution < 1.29 is 27.5 Å². The molecule has 0 heterocycles. The summed E-state index contributed by atoms with van der Waals surface area (Å²) in [7, 11) is -1.33. The first-order valence-electron chi connectivity index (χ1n) is 12.8. The van der Waals surface area contributed by atoms with E-state index in [4.69, 9.17) is 9.47 Å².